The van der Waals surface area contributed by atoms with Crippen LogP contribution in [-0.2, 0) is 11.3 Å². The predicted molar refractivity (Wildman–Crippen MR) is 76.5 cm³/mol. The van der Waals surface area contributed by atoms with Crippen LogP contribution in [0, 0.1) is 20.8 Å². The monoisotopic (exact) mass is 277 g/mol. The van der Waals surface area contributed by atoms with E-state index in [0.717, 1.165) is 22.5 Å². The summed E-state index contributed by atoms with van der Waals surface area (Å²) in [6.07, 6.45) is 1.54. The Labute approximate surface area is 117 Å². The summed E-state index contributed by atoms with van der Waals surface area (Å²) in [5.74, 6) is -0.114. The lowest BCUT2D eigenvalue weighted by molar-refractivity contribution is -0.116. The van der Waals surface area contributed by atoms with E-state index in [1.807, 2.05) is 39.0 Å². The molecule has 0 atom stereocenters. The molecule has 100 valence electrons. The van der Waals surface area contributed by atoms with E-state index < -0.39 is 0 Å². The molecule has 0 unspecified atom stereocenters. The Morgan fingerprint density at radius 2 is 2.11 bits per heavy atom. The van der Waals surface area contributed by atoms with Crippen molar-refractivity contribution < 1.29 is 4.79 Å². The molecule has 0 spiro atoms. The molecular formula is C14H16ClN3O. The first kappa shape index (κ1) is 13.6. The number of aromatic nitrogens is 2. The fourth-order valence-electron chi connectivity index (χ4n) is 1.80. The number of carbonyl (C=O) groups excluding carboxylic acids is 1. The van der Waals surface area contributed by atoms with Crippen molar-refractivity contribution in [2.75, 3.05) is 5.32 Å². The van der Waals surface area contributed by atoms with Crippen molar-refractivity contribution in [1.82, 2.24) is 9.78 Å². The minimum Gasteiger partial charge on any atom is -0.324 e. The van der Waals surface area contributed by atoms with Crippen molar-refractivity contribution in [3.63, 3.8) is 0 Å². The van der Waals surface area contributed by atoms with Gasteiger partial charge in [0.25, 0.3) is 0 Å². The zero-order valence-electron chi connectivity index (χ0n) is 11.2. The van der Waals surface area contributed by atoms with Gasteiger partial charge in [0.2, 0.25) is 5.91 Å². The first-order chi connectivity index (χ1) is 8.99. The smallest absolute Gasteiger partial charge is 0.246 e. The van der Waals surface area contributed by atoms with E-state index in [2.05, 4.69) is 10.4 Å². The second-order valence-electron chi connectivity index (χ2n) is 4.53. The van der Waals surface area contributed by atoms with E-state index in [1.165, 1.54) is 0 Å². The van der Waals surface area contributed by atoms with Crippen molar-refractivity contribution in [2.45, 2.75) is 27.3 Å². The topological polar surface area (TPSA) is 46.9 Å². The number of nitrogens with zero attached hydrogens (tertiary/aromatic N) is 2. The zero-order chi connectivity index (χ0) is 14.0. The summed E-state index contributed by atoms with van der Waals surface area (Å²) in [5, 5.41) is 7.52. The molecule has 0 radical (unpaired) electrons. The van der Waals surface area contributed by atoms with Crippen LogP contribution in [0.5, 0.6) is 0 Å². The Kier molecular flexibility index (Phi) is 3.90. The van der Waals surface area contributed by atoms with Crippen LogP contribution in [0.2, 0.25) is 5.02 Å². The number of hydrogen-bond donors (Lipinski definition) is 1. The van der Waals surface area contributed by atoms with Crippen LogP contribution >= 0.6 is 11.6 Å². The summed E-state index contributed by atoms with van der Waals surface area (Å²) < 4.78 is 1.59. The van der Waals surface area contributed by atoms with Crippen molar-refractivity contribution in [1.29, 1.82) is 0 Å². The highest BCUT2D eigenvalue weighted by molar-refractivity contribution is 6.31. The number of rotatable bonds is 3. The molecule has 0 fully saturated rings. The van der Waals surface area contributed by atoms with Gasteiger partial charge in [0.15, 0.2) is 0 Å². The Bertz CT molecular complexity index is 619. The highest BCUT2D eigenvalue weighted by atomic mass is 35.5. The SMILES string of the molecule is Cc1cccc(NC(=O)Cn2ncc(Cl)c2C)c1C. The third-order valence-corrected chi connectivity index (χ3v) is 3.59. The molecule has 1 aromatic carbocycles. The molecule has 0 saturated carbocycles. The van der Waals surface area contributed by atoms with Crippen LogP contribution in [0.4, 0.5) is 5.69 Å². The number of benzene rings is 1. The largest absolute Gasteiger partial charge is 0.324 e. The maximum Gasteiger partial charge on any atom is 0.246 e. The minimum atomic E-state index is -0.114. The Balaban J connectivity index is 2.10. The highest BCUT2D eigenvalue weighted by Gasteiger charge is 2.10. The lowest BCUT2D eigenvalue weighted by Crippen LogP contribution is -2.20. The van der Waals surface area contributed by atoms with E-state index in [9.17, 15) is 4.79 Å². The predicted octanol–water partition coefficient (Wildman–Crippen LogP) is 3.10. The van der Waals surface area contributed by atoms with Gasteiger partial charge < -0.3 is 5.32 Å². The average molecular weight is 278 g/mol. The molecule has 2 aromatic rings. The lowest BCUT2D eigenvalue weighted by atomic mass is 10.1. The molecular weight excluding hydrogens is 262 g/mol. The normalized spacial score (nSPS) is 10.5. The van der Waals surface area contributed by atoms with Gasteiger partial charge in [-0.1, -0.05) is 23.7 Å². The number of hydrogen-bond acceptors (Lipinski definition) is 2. The van der Waals surface area contributed by atoms with Crippen LogP contribution < -0.4 is 5.32 Å². The molecule has 4 nitrogen and oxygen atoms in total. The van der Waals surface area contributed by atoms with Gasteiger partial charge in [-0.25, -0.2) is 0 Å². The molecule has 0 saturated heterocycles. The molecule has 2 rings (SSSR count). The van der Waals surface area contributed by atoms with Crippen molar-refractivity contribution in [3.8, 4) is 0 Å². The van der Waals surface area contributed by atoms with Crippen LogP contribution in [0.3, 0.4) is 0 Å². The van der Waals surface area contributed by atoms with Gasteiger partial charge in [-0.2, -0.15) is 5.10 Å². The van der Waals surface area contributed by atoms with Gasteiger partial charge in [0.1, 0.15) is 6.54 Å². The summed E-state index contributed by atoms with van der Waals surface area (Å²) in [5.41, 5.74) is 3.85. The van der Waals surface area contributed by atoms with Gasteiger partial charge in [0, 0.05) is 5.69 Å². The van der Waals surface area contributed by atoms with Crippen molar-refractivity contribution in [3.05, 3.63) is 46.2 Å². The van der Waals surface area contributed by atoms with E-state index in [1.54, 1.807) is 10.9 Å². The van der Waals surface area contributed by atoms with Gasteiger partial charge >= 0.3 is 0 Å². The summed E-state index contributed by atoms with van der Waals surface area (Å²) in [6.45, 7) is 6.00. The van der Waals surface area contributed by atoms with Crippen LogP contribution in [0.15, 0.2) is 24.4 Å². The number of amides is 1. The highest BCUT2D eigenvalue weighted by Crippen LogP contribution is 2.18. The summed E-state index contributed by atoms with van der Waals surface area (Å²) in [4.78, 5) is 12.0. The molecule has 0 aliphatic carbocycles. The van der Waals surface area contributed by atoms with E-state index in [0.29, 0.717) is 5.02 Å². The first-order valence-electron chi connectivity index (χ1n) is 6.03. The number of halogens is 1. The number of nitrogens with one attached hydrogen (secondary N) is 1. The first-order valence-corrected chi connectivity index (χ1v) is 6.41. The van der Waals surface area contributed by atoms with E-state index in [4.69, 9.17) is 11.6 Å². The molecule has 1 aromatic heterocycles. The maximum absolute atomic E-state index is 12.0. The minimum absolute atomic E-state index is 0.114. The van der Waals surface area contributed by atoms with Crippen LogP contribution in [0.1, 0.15) is 16.8 Å². The molecule has 0 aliphatic rings. The summed E-state index contributed by atoms with van der Waals surface area (Å²) in [7, 11) is 0. The lowest BCUT2D eigenvalue weighted by Gasteiger charge is -2.11. The zero-order valence-corrected chi connectivity index (χ0v) is 12.0. The summed E-state index contributed by atoms with van der Waals surface area (Å²) >= 11 is 5.90. The molecule has 1 heterocycles. The van der Waals surface area contributed by atoms with Gasteiger partial charge in [-0.05, 0) is 38.0 Å². The quantitative estimate of drug-likeness (QED) is 0.937. The van der Waals surface area contributed by atoms with E-state index >= 15 is 0 Å². The van der Waals surface area contributed by atoms with Crippen LogP contribution in [-0.4, -0.2) is 15.7 Å². The fourth-order valence-corrected chi connectivity index (χ4v) is 1.94. The third kappa shape index (κ3) is 2.96. The van der Waals surface area contributed by atoms with Crippen molar-refractivity contribution in [2.24, 2.45) is 0 Å². The molecule has 0 aliphatic heterocycles. The standard InChI is InChI=1S/C14H16ClN3O/c1-9-5-4-6-13(10(9)2)17-14(19)8-18-11(3)12(15)7-16-18/h4-7H,8H2,1-3H3,(H,17,19). The average Bonchev–Trinajstić information content (AvgIpc) is 2.67. The Morgan fingerprint density at radius 3 is 2.74 bits per heavy atom. The third-order valence-electron chi connectivity index (χ3n) is 3.22. The Hall–Kier alpha value is -1.81. The number of carbonyl (C=O) groups is 1. The second-order valence-corrected chi connectivity index (χ2v) is 4.94. The van der Waals surface area contributed by atoms with Crippen molar-refractivity contribution >= 4 is 23.2 Å². The number of aryl methyl sites for hydroxylation is 1. The summed E-state index contributed by atoms with van der Waals surface area (Å²) in [6, 6.07) is 5.83. The number of anilines is 1. The van der Waals surface area contributed by atoms with Gasteiger partial charge in [-0.3, -0.25) is 9.48 Å². The molecule has 1 N–H and O–H groups in total. The molecule has 1 amide bonds. The molecule has 0 bridgehead atoms. The van der Waals surface area contributed by atoms with Gasteiger partial charge in [-0.15, -0.1) is 0 Å². The van der Waals surface area contributed by atoms with E-state index in [-0.39, 0.29) is 12.5 Å². The molecule has 19 heavy (non-hydrogen) atoms. The second kappa shape index (κ2) is 5.45. The Morgan fingerprint density at radius 1 is 1.37 bits per heavy atom. The van der Waals surface area contributed by atoms with Crippen LogP contribution in [0.25, 0.3) is 0 Å². The van der Waals surface area contributed by atoms with Gasteiger partial charge in [0.05, 0.1) is 16.9 Å². The fraction of sp³-hybridized carbons (Fsp3) is 0.286. The molecule has 5 heteroatoms. The maximum atomic E-state index is 12.0.